The van der Waals surface area contributed by atoms with Crippen molar-refractivity contribution in [1.29, 1.82) is 5.26 Å². The van der Waals surface area contributed by atoms with E-state index in [1.807, 2.05) is 13.0 Å². The number of aryl methyl sites for hydroxylation is 1. The average molecular weight is 167 g/mol. The number of nitriles is 1. The van der Waals surface area contributed by atoms with Gasteiger partial charge in [0.25, 0.3) is 0 Å². The predicted octanol–water partition coefficient (Wildman–Crippen LogP) is 2.11. The molecule has 3 heteroatoms. The van der Waals surface area contributed by atoms with Crippen LogP contribution in [0.4, 0.5) is 0 Å². The highest BCUT2D eigenvalue weighted by molar-refractivity contribution is 6.31. The van der Waals surface area contributed by atoms with Gasteiger partial charge in [-0.2, -0.15) is 5.26 Å². The summed E-state index contributed by atoms with van der Waals surface area (Å²) in [6.45, 7) is 1.82. The smallest absolute Gasteiger partial charge is 0.0670 e. The summed E-state index contributed by atoms with van der Waals surface area (Å²) in [7, 11) is 0. The molecular weight excluding hydrogens is 160 g/mol. The van der Waals surface area contributed by atoms with Crippen molar-refractivity contribution in [3.63, 3.8) is 0 Å². The number of pyridine rings is 1. The molecule has 0 aromatic carbocycles. The van der Waals surface area contributed by atoms with Crippen LogP contribution in [0.15, 0.2) is 12.3 Å². The summed E-state index contributed by atoms with van der Waals surface area (Å²) in [6.07, 6.45) is 2.01. The van der Waals surface area contributed by atoms with Gasteiger partial charge in [0, 0.05) is 6.20 Å². The van der Waals surface area contributed by atoms with Gasteiger partial charge in [-0.1, -0.05) is 11.6 Å². The predicted molar refractivity (Wildman–Crippen MR) is 43.3 cm³/mol. The van der Waals surface area contributed by atoms with Crippen LogP contribution >= 0.6 is 11.6 Å². The van der Waals surface area contributed by atoms with Crippen LogP contribution in [0.25, 0.3) is 0 Å². The maximum Gasteiger partial charge on any atom is 0.0670 e. The Morgan fingerprint density at radius 3 is 3.09 bits per heavy atom. The first-order valence-corrected chi connectivity index (χ1v) is 3.60. The first-order chi connectivity index (χ1) is 5.25. The van der Waals surface area contributed by atoms with Crippen molar-refractivity contribution in [2.75, 3.05) is 0 Å². The van der Waals surface area contributed by atoms with E-state index in [-0.39, 0.29) is 0 Å². The highest BCUT2D eigenvalue weighted by atomic mass is 35.5. The first-order valence-electron chi connectivity index (χ1n) is 3.22. The van der Waals surface area contributed by atoms with Gasteiger partial charge in [-0.05, 0) is 18.6 Å². The van der Waals surface area contributed by atoms with Crippen LogP contribution in [0.5, 0.6) is 0 Å². The van der Waals surface area contributed by atoms with Crippen LogP contribution in [-0.2, 0) is 6.42 Å². The largest absolute Gasteiger partial charge is 0.260 e. The lowest BCUT2D eigenvalue weighted by molar-refractivity contribution is 1.15. The summed E-state index contributed by atoms with van der Waals surface area (Å²) in [6, 6.07) is 3.80. The van der Waals surface area contributed by atoms with Gasteiger partial charge in [-0.25, -0.2) is 0 Å². The lowest BCUT2D eigenvalue weighted by atomic mass is 10.2. The van der Waals surface area contributed by atoms with E-state index in [0.29, 0.717) is 11.4 Å². The van der Waals surface area contributed by atoms with E-state index in [9.17, 15) is 0 Å². The molecule has 0 saturated heterocycles. The summed E-state index contributed by atoms with van der Waals surface area (Å²) >= 11 is 5.86. The van der Waals surface area contributed by atoms with E-state index in [1.165, 1.54) is 0 Å². The number of rotatable bonds is 1. The lowest BCUT2D eigenvalue weighted by Crippen LogP contribution is -1.88. The van der Waals surface area contributed by atoms with Crippen LogP contribution in [0.3, 0.4) is 0 Å². The molecule has 1 aromatic rings. The summed E-state index contributed by atoms with van der Waals surface area (Å²) in [4.78, 5) is 3.98. The molecule has 0 radical (unpaired) electrons. The number of hydrogen-bond acceptors (Lipinski definition) is 2. The molecule has 0 saturated carbocycles. The fraction of sp³-hybridized carbons (Fsp3) is 0.250. The van der Waals surface area contributed by atoms with Crippen molar-refractivity contribution in [3.05, 3.63) is 28.5 Å². The Labute approximate surface area is 70.4 Å². The van der Waals surface area contributed by atoms with Gasteiger partial charge in [0.1, 0.15) is 0 Å². The Morgan fingerprint density at radius 2 is 2.45 bits per heavy atom. The van der Waals surface area contributed by atoms with Crippen LogP contribution in [0.2, 0.25) is 5.02 Å². The SMILES string of the molecule is Cc1nccc(CC#N)c1Cl. The molecular formula is C8H7ClN2. The summed E-state index contributed by atoms with van der Waals surface area (Å²) < 4.78 is 0. The number of aromatic nitrogens is 1. The van der Waals surface area contributed by atoms with Crippen LogP contribution < -0.4 is 0 Å². The molecule has 1 aromatic heterocycles. The topological polar surface area (TPSA) is 36.7 Å². The monoisotopic (exact) mass is 166 g/mol. The van der Waals surface area contributed by atoms with Gasteiger partial charge >= 0.3 is 0 Å². The molecule has 0 atom stereocenters. The summed E-state index contributed by atoms with van der Waals surface area (Å²) in [5, 5.41) is 9.01. The zero-order valence-corrected chi connectivity index (χ0v) is 6.89. The Kier molecular flexibility index (Phi) is 2.45. The van der Waals surface area contributed by atoms with Crippen molar-refractivity contribution in [2.45, 2.75) is 13.3 Å². The molecule has 0 bridgehead atoms. The van der Waals surface area contributed by atoms with Gasteiger partial charge in [0.2, 0.25) is 0 Å². The summed E-state index contributed by atoms with van der Waals surface area (Å²) in [5.41, 5.74) is 1.63. The number of hydrogen-bond donors (Lipinski definition) is 0. The number of nitrogens with zero attached hydrogens (tertiary/aromatic N) is 2. The van der Waals surface area contributed by atoms with E-state index >= 15 is 0 Å². The molecule has 0 spiro atoms. The molecule has 56 valence electrons. The first kappa shape index (κ1) is 8.03. The maximum atomic E-state index is 8.41. The highest BCUT2D eigenvalue weighted by Crippen LogP contribution is 2.17. The molecule has 0 aliphatic heterocycles. The molecule has 1 rings (SSSR count). The van der Waals surface area contributed by atoms with E-state index in [4.69, 9.17) is 16.9 Å². The standard InChI is InChI=1S/C8H7ClN2/c1-6-8(9)7(2-4-10)3-5-11-6/h3,5H,2H2,1H3. The molecule has 0 aliphatic rings. The average Bonchev–Trinajstić information content (AvgIpc) is 1.99. The van der Waals surface area contributed by atoms with Crippen LogP contribution in [-0.4, -0.2) is 4.98 Å². The third kappa shape index (κ3) is 1.69. The van der Waals surface area contributed by atoms with E-state index < -0.39 is 0 Å². The Balaban J connectivity index is 3.08. The second-order valence-corrected chi connectivity index (χ2v) is 2.58. The molecule has 0 amide bonds. The van der Waals surface area contributed by atoms with Gasteiger partial charge in [0.05, 0.1) is 23.2 Å². The normalized spacial score (nSPS) is 9.18. The molecule has 0 fully saturated rings. The maximum absolute atomic E-state index is 8.41. The van der Waals surface area contributed by atoms with Gasteiger partial charge < -0.3 is 0 Å². The summed E-state index contributed by atoms with van der Waals surface area (Å²) in [5.74, 6) is 0. The minimum absolute atomic E-state index is 0.349. The van der Waals surface area contributed by atoms with Crippen molar-refractivity contribution in [1.82, 2.24) is 4.98 Å². The van der Waals surface area contributed by atoms with E-state index in [2.05, 4.69) is 4.98 Å². The van der Waals surface area contributed by atoms with Crippen molar-refractivity contribution >= 4 is 11.6 Å². The van der Waals surface area contributed by atoms with E-state index in [0.717, 1.165) is 11.3 Å². The lowest BCUT2D eigenvalue weighted by Gasteiger charge is -1.99. The fourth-order valence-electron chi connectivity index (χ4n) is 0.823. The molecule has 2 nitrogen and oxygen atoms in total. The zero-order valence-electron chi connectivity index (χ0n) is 6.13. The van der Waals surface area contributed by atoms with Gasteiger partial charge in [-0.3, -0.25) is 4.98 Å². The third-order valence-corrected chi connectivity index (χ3v) is 1.93. The third-order valence-electron chi connectivity index (χ3n) is 1.41. The molecule has 0 unspecified atom stereocenters. The van der Waals surface area contributed by atoms with Crippen molar-refractivity contribution < 1.29 is 0 Å². The Morgan fingerprint density at radius 1 is 1.73 bits per heavy atom. The quantitative estimate of drug-likeness (QED) is 0.641. The second kappa shape index (κ2) is 3.36. The number of halogens is 1. The Hall–Kier alpha value is -1.07. The van der Waals surface area contributed by atoms with Crippen molar-refractivity contribution in [3.8, 4) is 6.07 Å². The van der Waals surface area contributed by atoms with Crippen molar-refractivity contribution in [2.24, 2.45) is 0 Å². The molecule has 0 N–H and O–H groups in total. The molecule has 11 heavy (non-hydrogen) atoms. The van der Waals surface area contributed by atoms with E-state index in [1.54, 1.807) is 12.3 Å². The van der Waals surface area contributed by atoms with Crippen LogP contribution in [0.1, 0.15) is 11.3 Å². The fourth-order valence-corrected chi connectivity index (χ4v) is 1.00. The van der Waals surface area contributed by atoms with Crippen LogP contribution in [0, 0.1) is 18.3 Å². The molecule has 0 aliphatic carbocycles. The highest BCUT2D eigenvalue weighted by Gasteiger charge is 2.01. The molecule has 1 heterocycles. The minimum atomic E-state index is 0.349. The van der Waals surface area contributed by atoms with Gasteiger partial charge in [0.15, 0.2) is 0 Å². The second-order valence-electron chi connectivity index (χ2n) is 2.20. The Bertz CT molecular complexity index is 301. The zero-order chi connectivity index (χ0) is 8.27. The minimum Gasteiger partial charge on any atom is -0.260 e. The van der Waals surface area contributed by atoms with Gasteiger partial charge in [-0.15, -0.1) is 0 Å².